The topological polar surface area (TPSA) is 115 Å². The van der Waals surface area contributed by atoms with E-state index in [0.717, 1.165) is 21.6 Å². The molecule has 0 unspecified atom stereocenters. The molecular weight excluding hydrogens is 500 g/mol. The molecule has 0 aliphatic heterocycles. The summed E-state index contributed by atoms with van der Waals surface area (Å²) in [6.07, 6.45) is 1.31. The van der Waals surface area contributed by atoms with Gasteiger partial charge in [0.25, 0.3) is 6.20 Å². The van der Waals surface area contributed by atoms with Crippen LogP contribution in [-0.4, -0.2) is 52.2 Å². The minimum atomic E-state index is -0.937. The predicted molar refractivity (Wildman–Crippen MR) is 137 cm³/mol. The maximum Gasteiger partial charge on any atom is 0.418 e. The molecule has 1 aromatic heterocycles. The number of nitro groups is 1. The van der Waals surface area contributed by atoms with E-state index in [4.69, 9.17) is 21.1 Å². The number of hydrogen-bond acceptors (Lipinski definition) is 8. The van der Waals surface area contributed by atoms with Crippen LogP contribution < -0.4 is 0 Å². The maximum absolute atomic E-state index is 12.6. The highest BCUT2D eigenvalue weighted by Gasteiger charge is 2.24. The van der Waals surface area contributed by atoms with Crippen LogP contribution in [0.15, 0.2) is 84.9 Å². The van der Waals surface area contributed by atoms with E-state index in [2.05, 4.69) is 4.98 Å². The van der Waals surface area contributed by atoms with Gasteiger partial charge in [0, 0.05) is 26.3 Å². The van der Waals surface area contributed by atoms with E-state index >= 15 is 0 Å². The molecule has 2 aromatic carbocycles. The van der Waals surface area contributed by atoms with Crippen molar-refractivity contribution in [1.29, 1.82) is 0 Å². The molecule has 0 aliphatic carbocycles. The van der Waals surface area contributed by atoms with Crippen LogP contribution in [-0.2, 0) is 16.0 Å². The number of esters is 1. The van der Waals surface area contributed by atoms with Crippen molar-refractivity contribution in [2.45, 2.75) is 13.5 Å². The number of benzene rings is 2. The largest absolute Gasteiger partial charge is 0.424 e. The first-order valence-electron chi connectivity index (χ1n) is 11.2. The molecule has 3 rings (SSSR count). The average Bonchev–Trinajstić information content (AvgIpc) is 2.91. The van der Waals surface area contributed by atoms with Crippen LogP contribution in [0.2, 0.25) is 5.15 Å². The van der Waals surface area contributed by atoms with Crippen LogP contribution in [0.1, 0.15) is 22.8 Å². The van der Waals surface area contributed by atoms with E-state index in [1.807, 2.05) is 30.3 Å². The van der Waals surface area contributed by atoms with Gasteiger partial charge in [-0.25, -0.2) is 14.6 Å². The molecule has 0 aliphatic rings. The van der Waals surface area contributed by atoms with Gasteiger partial charge in [-0.15, -0.1) is 0 Å². The normalized spacial score (nSPS) is 10.9. The summed E-state index contributed by atoms with van der Waals surface area (Å²) >= 11 is 5.82. The van der Waals surface area contributed by atoms with Gasteiger partial charge in [0.15, 0.2) is 5.82 Å². The first-order valence-corrected chi connectivity index (χ1v) is 11.6. The van der Waals surface area contributed by atoms with Crippen molar-refractivity contribution in [2.75, 3.05) is 20.4 Å². The summed E-state index contributed by atoms with van der Waals surface area (Å²) < 4.78 is 10.1. The summed E-state index contributed by atoms with van der Waals surface area (Å²) in [7, 11) is 1.32. The molecule has 0 saturated heterocycles. The minimum absolute atomic E-state index is 0.0183. The van der Waals surface area contributed by atoms with Gasteiger partial charge in [0.2, 0.25) is 6.79 Å². The first kappa shape index (κ1) is 27.2. The molecule has 0 saturated carbocycles. The number of carbonyl (C=O) groups excluding carboxylic acids is 2. The van der Waals surface area contributed by atoms with Gasteiger partial charge in [-0.05, 0) is 41.8 Å². The quantitative estimate of drug-likeness (QED) is 0.117. The van der Waals surface area contributed by atoms with Crippen LogP contribution in [0.4, 0.5) is 4.79 Å². The van der Waals surface area contributed by atoms with Gasteiger partial charge in [-0.3, -0.25) is 15.0 Å². The van der Waals surface area contributed by atoms with Crippen molar-refractivity contribution >= 4 is 23.7 Å². The molecule has 0 bridgehead atoms. The van der Waals surface area contributed by atoms with E-state index in [0.29, 0.717) is 17.9 Å². The summed E-state index contributed by atoms with van der Waals surface area (Å²) in [6.45, 7) is 1.68. The predicted octanol–water partition coefficient (Wildman–Crippen LogP) is 5.18. The van der Waals surface area contributed by atoms with Crippen molar-refractivity contribution in [3.05, 3.63) is 111 Å². The summed E-state index contributed by atoms with van der Waals surface area (Å²) in [5.41, 5.74) is 2.96. The highest BCUT2D eigenvalue weighted by molar-refractivity contribution is 6.29. The third-order valence-electron chi connectivity index (χ3n) is 5.31. The third-order valence-corrected chi connectivity index (χ3v) is 5.53. The van der Waals surface area contributed by atoms with E-state index in [9.17, 15) is 19.7 Å². The highest BCUT2D eigenvalue weighted by atomic mass is 35.5. The van der Waals surface area contributed by atoms with Crippen molar-refractivity contribution < 1.29 is 24.0 Å². The molecule has 37 heavy (non-hydrogen) atoms. The summed E-state index contributed by atoms with van der Waals surface area (Å²) in [5, 5.41) is 11.6. The van der Waals surface area contributed by atoms with Gasteiger partial charge in [0.1, 0.15) is 5.15 Å². The zero-order valence-electron chi connectivity index (χ0n) is 20.2. The Bertz CT molecular complexity index is 1250. The molecule has 3 aromatic rings. The lowest BCUT2D eigenvalue weighted by Gasteiger charge is -2.29. The molecule has 1 heterocycles. The molecule has 0 N–H and O–H groups in total. The van der Waals surface area contributed by atoms with Crippen LogP contribution in [0.25, 0.3) is 11.1 Å². The molecule has 11 heteroatoms. The van der Waals surface area contributed by atoms with Crippen molar-refractivity contribution in [1.82, 2.24) is 14.8 Å². The average molecular weight is 525 g/mol. The number of nitrogens with zero attached hydrogens (tertiary/aromatic N) is 4. The van der Waals surface area contributed by atoms with Crippen molar-refractivity contribution in [3.8, 4) is 11.1 Å². The number of carbonyl (C=O) groups is 2. The molecule has 0 atom stereocenters. The highest BCUT2D eigenvalue weighted by Crippen LogP contribution is 2.20. The van der Waals surface area contributed by atoms with Gasteiger partial charge in [0.05, 0.1) is 10.5 Å². The standard InChI is InChI=1S/C26H25ClN4O6/c1-3-30(16-19-9-14-23(27)28-15-19)24(17-31(34)35)29(2)26(33)37-18-36-25(32)22-12-10-21(11-13-22)20-7-5-4-6-8-20/h4-15,17H,3,16,18H2,1-2H3/b24-17-. The number of aromatic nitrogens is 1. The molecule has 0 fully saturated rings. The zero-order valence-corrected chi connectivity index (χ0v) is 21.0. The van der Waals surface area contributed by atoms with E-state index in [-0.39, 0.29) is 17.9 Å². The second-order valence-corrected chi connectivity index (χ2v) is 8.13. The fourth-order valence-corrected chi connectivity index (χ4v) is 3.50. The summed E-state index contributed by atoms with van der Waals surface area (Å²) in [5.74, 6) is -0.697. The Balaban J connectivity index is 1.59. The zero-order chi connectivity index (χ0) is 26.8. The first-order chi connectivity index (χ1) is 17.8. The number of hydrogen-bond donors (Lipinski definition) is 0. The Hall–Kier alpha value is -4.44. The lowest BCUT2D eigenvalue weighted by molar-refractivity contribution is -0.405. The molecule has 0 radical (unpaired) electrons. The van der Waals surface area contributed by atoms with Gasteiger partial charge >= 0.3 is 12.1 Å². The van der Waals surface area contributed by atoms with Crippen LogP contribution >= 0.6 is 11.6 Å². The molecule has 1 amide bonds. The van der Waals surface area contributed by atoms with E-state index in [1.165, 1.54) is 7.05 Å². The van der Waals surface area contributed by atoms with Crippen LogP contribution in [0, 0.1) is 10.1 Å². The second kappa shape index (κ2) is 13.0. The Kier molecular flexibility index (Phi) is 9.56. The van der Waals surface area contributed by atoms with Crippen molar-refractivity contribution in [2.24, 2.45) is 0 Å². The van der Waals surface area contributed by atoms with E-state index < -0.39 is 23.8 Å². The maximum atomic E-state index is 12.6. The van der Waals surface area contributed by atoms with Gasteiger partial charge < -0.3 is 14.4 Å². The second-order valence-electron chi connectivity index (χ2n) is 7.74. The van der Waals surface area contributed by atoms with Gasteiger partial charge in [-0.1, -0.05) is 60.1 Å². The van der Waals surface area contributed by atoms with Crippen molar-refractivity contribution in [3.63, 3.8) is 0 Å². The Morgan fingerprint density at radius 3 is 2.30 bits per heavy atom. The lowest BCUT2D eigenvalue weighted by Crippen LogP contribution is -2.38. The fraction of sp³-hybridized carbons (Fsp3) is 0.192. The Morgan fingerprint density at radius 1 is 1.03 bits per heavy atom. The smallest absolute Gasteiger partial charge is 0.418 e. The summed E-state index contributed by atoms with van der Waals surface area (Å²) in [4.78, 5) is 42.1. The number of ether oxygens (including phenoxy) is 2. The number of rotatable bonds is 10. The fourth-order valence-electron chi connectivity index (χ4n) is 3.39. The molecule has 10 nitrogen and oxygen atoms in total. The van der Waals surface area contributed by atoms with E-state index in [1.54, 1.807) is 54.4 Å². The lowest BCUT2D eigenvalue weighted by atomic mass is 10.0. The number of amides is 1. The summed E-state index contributed by atoms with van der Waals surface area (Å²) in [6, 6.07) is 19.8. The minimum Gasteiger partial charge on any atom is -0.424 e. The Labute approximate surface area is 218 Å². The molecular formula is C26H25ClN4O6. The monoisotopic (exact) mass is 524 g/mol. The molecule has 0 spiro atoms. The van der Waals surface area contributed by atoms with Crippen LogP contribution in [0.3, 0.4) is 0 Å². The molecule has 192 valence electrons. The SMILES string of the molecule is CCN(Cc1ccc(Cl)nc1)/C(=C\[N+](=O)[O-])N(C)C(=O)OCOC(=O)c1ccc(-c2ccccc2)cc1. The van der Waals surface area contributed by atoms with Gasteiger partial charge in [-0.2, -0.15) is 0 Å². The Morgan fingerprint density at radius 2 is 1.70 bits per heavy atom. The third kappa shape index (κ3) is 7.77. The number of pyridine rings is 1. The number of halogens is 1. The van der Waals surface area contributed by atoms with Crippen LogP contribution in [0.5, 0.6) is 0 Å².